The van der Waals surface area contributed by atoms with E-state index >= 15 is 0 Å². The largest absolute Gasteiger partial charge is 0.368 e. The van der Waals surface area contributed by atoms with Crippen molar-refractivity contribution in [3.05, 3.63) is 23.4 Å². The number of nitrogens with zero attached hydrogens (tertiary/aromatic N) is 3. The van der Waals surface area contributed by atoms with Crippen molar-refractivity contribution in [3.8, 4) is 6.07 Å². The third-order valence-electron chi connectivity index (χ3n) is 2.48. The topological polar surface area (TPSA) is 52.0 Å². The maximum atomic E-state index is 9.02. The molecule has 0 aromatic carbocycles. The van der Waals surface area contributed by atoms with E-state index in [1.807, 2.05) is 26.2 Å². The number of likely N-dealkylation sites (N-methyl/N-ethyl adjacent to an activating group) is 1. The fraction of sp³-hybridized carbons (Fsp3) is 0.538. The van der Waals surface area contributed by atoms with E-state index in [1.54, 1.807) is 0 Å². The Bertz CT molecular complexity index is 404. The minimum absolute atomic E-state index is 0.372. The molecule has 1 heterocycles. The second-order valence-corrected chi connectivity index (χ2v) is 4.63. The van der Waals surface area contributed by atoms with Gasteiger partial charge in [0.25, 0.3) is 0 Å². The number of hydrogen-bond donors (Lipinski definition) is 1. The third-order valence-corrected chi connectivity index (χ3v) is 2.48. The quantitative estimate of drug-likeness (QED) is 0.844. The van der Waals surface area contributed by atoms with Gasteiger partial charge in [-0.15, -0.1) is 0 Å². The van der Waals surface area contributed by atoms with Crippen molar-refractivity contribution < 1.29 is 0 Å². The lowest BCUT2D eigenvalue weighted by Crippen LogP contribution is -2.21. The van der Waals surface area contributed by atoms with E-state index in [0.717, 1.165) is 18.8 Å². The van der Waals surface area contributed by atoms with Crippen LogP contribution in [-0.2, 0) is 0 Å². The number of nitriles is 1. The first-order chi connectivity index (χ1) is 8.04. The summed E-state index contributed by atoms with van der Waals surface area (Å²) in [7, 11) is 4.04. The van der Waals surface area contributed by atoms with E-state index in [0.29, 0.717) is 17.3 Å². The number of anilines is 1. The number of rotatable bonds is 5. The Hall–Kier alpha value is -1.60. The molecule has 0 aliphatic carbocycles. The lowest BCUT2D eigenvalue weighted by Gasteiger charge is -2.13. The van der Waals surface area contributed by atoms with Crippen molar-refractivity contribution in [1.29, 1.82) is 5.26 Å². The van der Waals surface area contributed by atoms with Crippen LogP contribution >= 0.6 is 0 Å². The molecule has 0 amide bonds. The number of hydrogen-bond acceptors (Lipinski definition) is 4. The molecule has 1 N–H and O–H groups in total. The van der Waals surface area contributed by atoms with Crippen molar-refractivity contribution in [2.24, 2.45) is 0 Å². The molecule has 0 bridgehead atoms. The summed E-state index contributed by atoms with van der Waals surface area (Å²) < 4.78 is 0. The van der Waals surface area contributed by atoms with E-state index in [1.165, 1.54) is 0 Å². The second-order valence-electron chi connectivity index (χ2n) is 4.63. The molecule has 1 rings (SSSR count). The summed E-state index contributed by atoms with van der Waals surface area (Å²) in [6, 6.07) is 5.91. The Morgan fingerprint density at radius 2 is 2.12 bits per heavy atom. The molecule has 92 valence electrons. The SMILES string of the molecule is CC(C)c1ccc(C#N)c(NCCN(C)C)n1. The zero-order valence-corrected chi connectivity index (χ0v) is 11.0. The molecule has 0 spiro atoms. The normalized spacial score (nSPS) is 10.6. The highest BCUT2D eigenvalue weighted by Crippen LogP contribution is 2.17. The van der Waals surface area contributed by atoms with Crippen LogP contribution in [0, 0.1) is 11.3 Å². The van der Waals surface area contributed by atoms with Crippen LogP contribution in [0.2, 0.25) is 0 Å². The predicted octanol–water partition coefficient (Wildman–Crippen LogP) is 2.05. The van der Waals surface area contributed by atoms with Gasteiger partial charge in [-0.05, 0) is 32.1 Å². The first-order valence-corrected chi connectivity index (χ1v) is 5.84. The van der Waals surface area contributed by atoms with Crippen LogP contribution in [0.4, 0.5) is 5.82 Å². The van der Waals surface area contributed by atoms with Gasteiger partial charge in [0.15, 0.2) is 0 Å². The van der Waals surface area contributed by atoms with Gasteiger partial charge in [0.2, 0.25) is 0 Å². The second kappa shape index (κ2) is 6.21. The van der Waals surface area contributed by atoms with Gasteiger partial charge in [-0.25, -0.2) is 4.98 Å². The average Bonchev–Trinajstić information content (AvgIpc) is 2.28. The third kappa shape index (κ3) is 4.04. The van der Waals surface area contributed by atoms with E-state index in [9.17, 15) is 0 Å². The minimum atomic E-state index is 0.372. The van der Waals surface area contributed by atoms with Crippen LogP contribution in [0.5, 0.6) is 0 Å². The summed E-state index contributed by atoms with van der Waals surface area (Å²) in [6.45, 7) is 5.89. The Morgan fingerprint density at radius 1 is 1.41 bits per heavy atom. The fourth-order valence-corrected chi connectivity index (χ4v) is 1.42. The molecule has 4 nitrogen and oxygen atoms in total. The molecule has 0 radical (unpaired) electrons. The van der Waals surface area contributed by atoms with Crippen LogP contribution in [-0.4, -0.2) is 37.1 Å². The Balaban J connectivity index is 2.80. The Morgan fingerprint density at radius 3 is 2.65 bits per heavy atom. The van der Waals surface area contributed by atoms with Crippen molar-refractivity contribution in [2.45, 2.75) is 19.8 Å². The van der Waals surface area contributed by atoms with Gasteiger partial charge in [-0.1, -0.05) is 13.8 Å². The minimum Gasteiger partial charge on any atom is -0.368 e. The van der Waals surface area contributed by atoms with E-state index in [2.05, 4.69) is 35.1 Å². The molecule has 1 aromatic rings. The van der Waals surface area contributed by atoms with Gasteiger partial charge in [0.05, 0.1) is 5.56 Å². The lowest BCUT2D eigenvalue weighted by molar-refractivity contribution is 0.425. The molecule has 17 heavy (non-hydrogen) atoms. The summed E-state index contributed by atoms with van der Waals surface area (Å²) >= 11 is 0. The van der Waals surface area contributed by atoms with Gasteiger partial charge in [-0.2, -0.15) is 5.26 Å². The summed E-state index contributed by atoms with van der Waals surface area (Å²) in [4.78, 5) is 6.58. The molecule has 0 unspecified atom stereocenters. The van der Waals surface area contributed by atoms with Crippen LogP contribution in [0.25, 0.3) is 0 Å². The van der Waals surface area contributed by atoms with Crippen molar-refractivity contribution in [3.63, 3.8) is 0 Å². The molecule has 0 atom stereocenters. The van der Waals surface area contributed by atoms with Gasteiger partial charge in [-0.3, -0.25) is 0 Å². The highest BCUT2D eigenvalue weighted by molar-refractivity contribution is 5.52. The van der Waals surface area contributed by atoms with Crippen molar-refractivity contribution in [1.82, 2.24) is 9.88 Å². The summed E-state index contributed by atoms with van der Waals surface area (Å²) in [6.07, 6.45) is 0. The molecule has 4 heteroatoms. The first kappa shape index (κ1) is 13.5. The molecule has 0 aliphatic rings. The molecule has 0 saturated heterocycles. The monoisotopic (exact) mass is 232 g/mol. The molecule has 1 aromatic heterocycles. The number of pyridine rings is 1. The van der Waals surface area contributed by atoms with E-state index in [4.69, 9.17) is 5.26 Å². The van der Waals surface area contributed by atoms with Gasteiger partial charge >= 0.3 is 0 Å². The zero-order chi connectivity index (χ0) is 12.8. The van der Waals surface area contributed by atoms with Crippen LogP contribution in [0.15, 0.2) is 12.1 Å². The lowest BCUT2D eigenvalue weighted by atomic mass is 10.1. The Kier molecular flexibility index (Phi) is 4.92. The fourth-order valence-electron chi connectivity index (χ4n) is 1.42. The standard InChI is InChI=1S/C13H20N4/c1-10(2)12-6-5-11(9-14)13(16-12)15-7-8-17(3)4/h5-6,10H,7-8H2,1-4H3,(H,15,16). The van der Waals surface area contributed by atoms with Gasteiger partial charge in [0, 0.05) is 18.8 Å². The molecule has 0 saturated carbocycles. The summed E-state index contributed by atoms with van der Waals surface area (Å²) in [5, 5.41) is 12.2. The predicted molar refractivity (Wildman–Crippen MR) is 70.1 cm³/mol. The summed E-state index contributed by atoms with van der Waals surface area (Å²) in [5.74, 6) is 1.07. The molecule has 0 aliphatic heterocycles. The number of aromatic nitrogens is 1. The zero-order valence-electron chi connectivity index (χ0n) is 11.0. The molecular formula is C13H20N4. The smallest absolute Gasteiger partial charge is 0.144 e. The van der Waals surface area contributed by atoms with Crippen LogP contribution in [0.3, 0.4) is 0 Å². The molecule has 0 fully saturated rings. The average molecular weight is 232 g/mol. The highest BCUT2D eigenvalue weighted by Gasteiger charge is 2.07. The van der Waals surface area contributed by atoms with Crippen molar-refractivity contribution in [2.75, 3.05) is 32.5 Å². The maximum Gasteiger partial charge on any atom is 0.144 e. The first-order valence-electron chi connectivity index (χ1n) is 5.84. The van der Waals surface area contributed by atoms with Crippen molar-refractivity contribution >= 4 is 5.82 Å². The molecular weight excluding hydrogens is 212 g/mol. The van der Waals surface area contributed by atoms with Crippen LogP contribution in [0.1, 0.15) is 31.0 Å². The van der Waals surface area contributed by atoms with E-state index < -0.39 is 0 Å². The summed E-state index contributed by atoms with van der Waals surface area (Å²) in [5.41, 5.74) is 1.62. The Labute approximate surface area is 103 Å². The van der Waals surface area contributed by atoms with E-state index in [-0.39, 0.29) is 0 Å². The van der Waals surface area contributed by atoms with Gasteiger partial charge < -0.3 is 10.2 Å². The van der Waals surface area contributed by atoms with Crippen LogP contribution < -0.4 is 5.32 Å². The maximum absolute atomic E-state index is 9.02. The highest BCUT2D eigenvalue weighted by atomic mass is 15.1. The number of nitrogens with one attached hydrogen (secondary N) is 1. The van der Waals surface area contributed by atoms with Gasteiger partial charge in [0.1, 0.15) is 11.9 Å².